The lowest BCUT2D eigenvalue weighted by Gasteiger charge is -2.31. The van der Waals surface area contributed by atoms with Crippen LogP contribution in [0.5, 0.6) is 0 Å². The molecular weight excluding hydrogens is 294 g/mol. The van der Waals surface area contributed by atoms with Crippen molar-refractivity contribution in [2.45, 2.75) is 26.3 Å². The molecule has 1 aromatic rings. The number of carbonyl (C=O) groups excluding carboxylic acids is 1. The molecule has 0 N–H and O–H groups in total. The van der Waals surface area contributed by atoms with E-state index in [1.165, 1.54) is 11.1 Å². The van der Waals surface area contributed by atoms with Crippen LogP contribution in [0.4, 0.5) is 5.82 Å². The number of aromatic nitrogens is 1. The van der Waals surface area contributed by atoms with E-state index in [-0.39, 0.29) is 5.91 Å². The molecule has 2 heterocycles. The van der Waals surface area contributed by atoms with Gasteiger partial charge in [0.15, 0.2) is 0 Å². The number of pyridine rings is 1. The Bertz CT molecular complexity index is 474. The van der Waals surface area contributed by atoms with Crippen molar-refractivity contribution in [1.29, 1.82) is 0 Å². The van der Waals surface area contributed by atoms with Gasteiger partial charge in [0, 0.05) is 49.8 Å². The molecule has 0 radical (unpaired) electrons. The van der Waals surface area contributed by atoms with Crippen LogP contribution in [0.2, 0.25) is 0 Å². The fourth-order valence-electron chi connectivity index (χ4n) is 2.33. The van der Waals surface area contributed by atoms with Gasteiger partial charge in [-0.3, -0.25) is 4.79 Å². The summed E-state index contributed by atoms with van der Waals surface area (Å²) < 4.78 is 1.05. The van der Waals surface area contributed by atoms with Crippen LogP contribution in [0.1, 0.15) is 24.5 Å². The summed E-state index contributed by atoms with van der Waals surface area (Å²) in [5.74, 6) is 1.17. The van der Waals surface area contributed by atoms with Crippen LogP contribution in [0, 0.1) is 0 Å². The fourth-order valence-corrected chi connectivity index (χ4v) is 2.87. The number of hydrogen-bond acceptors (Lipinski definition) is 3. The third-order valence-corrected chi connectivity index (χ3v) is 3.97. The van der Waals surface area contributed by atoms with Crippen LogP contribution in [0.3, 0.4) is 0 Å². The number of nitrogens with zero attached hydrogens (tertiary/aromatic N) is 3. The Labute approximate surface area is 116 Å². The maximum absolute atomic E-state index is 11.8. The van der Waals surface area contributed by atoms with Crippen molar-refractivity contribution in [1.82, 2.24) is 9.88 Å². The SMILES string of the molecule is CCC(=O)N1CCc2c(Br)cnc(N(C)C)c2C1. The van der Waals surface area contributed by atoms with Crippen molar-refractivity contribution in [3.8, 4) is 0 Å². The van der Waals surface area contributed by atoms with Gasteiger partial charge in [0.1, 0.15) is 5.82 Å². The second-order valence-corrected chi connectivity index (χ2v) is 5.55. The van der Waals surface area contributed by atoms with Crippen molar-refractivity contribution < 1.29 is 4.79 Å². The summed E-state index contributed by atoms with van der Waals surface area (Å²) in [6, 6.07) is 0. The highest BCUT2D eigenvalue weighted by molar-refractivity contribution is 9.10. The number of carbonyl (C=O) groups is 1. The van der Waals surface area contributed by atoms with Crippen molar-refractivity contribution in [3.05, 3.63) is 21.8 Å². The Morgan fingerprint density at radius 2 is 2.22 bits per heavy atom. The van der Waals surface area contributed by atoms with Crippen LogP contribution < -0.4 is 4.90 Å². The monoisotopic (exact) mass is 311 g/mol. The smallest absolute Gasteiger partial charge is 0.222 e. The van der Waals surface area contributed by atoms with E-state index in [0.717, 1.165) is 23.3 Å². The molecule has 98 valence electrons. The molecule has 0 atom stereocenters. The summed E-state index contributed by atoms with van der Waals surface area (Å²) in [6.45, 7) is 3.38. The summed E-state index contributed by atoms with van der Waals surface area (Å²) in [7, 11) is 3.97. The average molecular weight is 312 g/mol. The lowest BCUT2D eigenvalue weighted by Crippen LogP contribution is -2.36. The minimum atomic E-state index is 0.213. The first-order chi connectivity index (χ1) is 8.54. The molecule has 0 fully saturated rings. The molecule has 0 saturated heterocycles. The average Bonchev–Trinajstić information content (AvgIpc) is 2.37. The number of hydrogen-bond donors (Lipinski definition) is 0. The zero-order valence-electron chi connectivity index (χ0n) is 11.0. The Morgan fingerprint density at radius 3 is 2.83 bits per heavy atom. The van der Waals surface area contributed by atoms with Gasteiger partial charge in [-0.2, -0.15) is 0 Å². The quantitative estimate of drug-likeness (QED) is 0.840. The van der Waals surface area contributed by atoms with Gasteiger partial charge >= 0.3 is 0 Å². The van der Waals surface area contributed by atoms with E-state index in [2.05, 4.69) is 20.9 Å². The molecule has 1 aromatic heterocycles. The van der Waals surface area contributed by atoms with Crippen LogP contribution in [-0.2, 0) is 17.8 Å². The topological polar surface area (TPSA) is 36.4 Å². The Hall–Kier alpha value is -1.10. The highest BCUT2D eigenvalue weighted by Gasteiger charge is 2.24. The Balaban J connectivity index is 2.40. The molecule has 0 saturated carbocycles. The first kappa shape index (κ1) is 13.3. The molecule has 0 aromatic carbocycles. The highest BCUT2D eigenvalue weighted by atomic mass is 79.9. The second kappa shape index (κ2) is 5.26. The molecule has 4 nitrogen and oxygen atoms in total. The molecule has 0 bridgehead atoms. The van der Waals surface area contributed by atoms with Crippen molar-refractivity contribution in [3.63, 3.8) is 0 Å². The van der Waals surface area contributed by atoms with Gasteiger partial charge in [-0.1, -0.05) is 6.92 Å². The van der Waals surface area contributed by atoms with Crippen molar-refractivity contribution in [2.75, 3.05) is 25.5 Å². The molecule has 1 aliphatic heterocycles. The first-order valence-electron chi connectivity index (χ1n) is 6.16. The van der Waals surface area contributed by atoms with E-state index in [9.17, 15) is 4.79 Å². The highest BCUT2D eigenvalue weighted by Crippen LogP contribution is 2.31. The maximum atomic E-state index is 11.8. The summed E-state index contributed by atoms with van der Waals surface area (Å²) in [6.07, 6.45) is 3.31. The van der Waals surface area contributed by atoms with Crippen LogP contribution in [-0.4, -0.2) is 36.4 Å². The number of fused-ring (bicyclic) bond motifs is 1. The number of amides is 1. The van der Waals surface area contributed by atoms with Gasteiger partial charge in [-0.15, -0.1) is 0 Å². The minimum absolute atomic E-state index is 0.213. The predicted molar refractivity (Wildman–Crippen MR) is 75.7 cm³/mol. The Morgan fingerprint density at radius 1 is 1.50 bits per heavy atom. The molecule has 1 amide bonds. The van der Waals surface area contributed by atoms with Gasteiger partial charge in [0.05, 0.1) is 0 Å². The third kappa shape index (κ3) is 2.36. The van der Waals surface area contributed by atoms with Crippen LogP contribution in [0.15, 0.2) is 10.7 Å². The van der Waals surface area contributed by atoms with Crippen LogP contribution in [0.25, 0.3) is 0 Å². The molecule has 5 heteroatoms. The van der Waals surface area contributed by atoms with Gasteiger partial charge in [0.2, 0.25) is 5.91 Å². The van der Waals surface area contributed by atoms with Gasteiger partial charge < -0.3 is 9.80 Å². The van der Waals surface area contributed by atoms with Gasteiger partial charge in [0.25, 0.3) is 0 Å². The molecule has 0 unspecified atom stereocenters. The normalized spacial score (nSPS) is 14.3. The van der Waals surface area contributed by atoms with E-state index >= 15 is 0 Å². The molecule has 2 rings (SSSR count). The van der Waals surface area contributed by atoms with Crippen molar-refractivity contribution >= 4 is 27.7 Å². The predicted octanol–water partition coefficient (Wildman–Crippen LogP) is 2.20. The number of halogens is 1. The zero-order valence-corrected chi connectivity index (χ0v) is 12.6. The first-order valence-corrected chi connectivity index (χ1v) is 6.95. The Kier molecular flexibility index (Phi) is 3.90. The number of rotatable bonds is 2. The summed E-state index contributed by atoms with van der Waals surface area (Å²) in [4.78, 5) is 20.2. The molecule has 18 heavy (non-hydrogen) atoms. The van der Waals surface area contributed by atoms with E-state index in [4.69, 9.17) is 0 Å². The fraction of sp³-hybridized carbons (Fsp3) is 0.538. The molecule has 0 aliphatic carbocycles. The summed E-state index contributed by atoms with van der Waals surface area (Å²) in [5.41, 5.74) is 2.45. The lowest BCUT2D eigenvalue weighted by atomic mass is 10.0. The molecule has 0 spiro atoms. The van der Waals surface area contributed by atoms with Gasteiger partial charge in [-0.05, 0) is 27.9 Å². The van der Waals surface area contributed by atoms with Crippen LogP contribution >= 0.6 is 15.9 Å². The van der Waals surface area contributed by atoms with Gasteiger partial charge in [-0.25, -0.2) is 4.98 Å². The lowest BCUT2D eigenvalue weighted by molar-refractivity contribution is -0.131. The minimum Gasteiger partial charge on any atom is -0.362 e. The van der Waals surface area contributed by atoms with E-state index in [1.54, 1.807) is 0 Å². The summed E-state index contributed by atoms with van der Waals surface area (Å²) >= 11 is 3.55. The third-order valence-electron chi connectivity index (χ3n) is 3.28. The standard InChI is InChI=1S/C13H18BrN3O/c1-4-12(18)17-6-5-9-10(8-17)13(16(2)3)15-7-11(9)14/h7H,4-6,8H2,1-3H3. The number of anilines is 1. The van der Waals surface area contributed by atoms with Crippen molar-refractivity contribution in [2.24, 2.45) is 0 Å². The molecular formula is C13H18BrN3O. The zero-order chi connectivity index (χ0) is 13.3. The van der Waals surface area contributed by atoms with E-state index in [1.807, 2.05) is 37.0 Å². The maximum Gasteiger partial charge on any atom is 0.222 e. The summed E-state index contributed by atoms with van der Waals surface area (Å²) in [5, 5.41) is 0. The molecule has 1 aliphatic rings. The second-order valence-electron chi connectivity index (χ2n) is 4.70. The largest absolute Gasteiger partial charge is 0.362 e. The van der Waals surface area contributed by atoms with E-state index in [0.29, 0.717) is 13.0 Å². The van der Waals surface area contributed by atoms with E-state index < -0.39 is 0 Å².